The van der Waals surface area contributed by atoms with E-state index in [4.69, 9.17) is 9.98 Å². The molecule has 1 heterocycles. The molecule has 88 valence electrons. The number of hydrogen-bond acceptors (Lipinski definition) is 2. The predicted octanol–water partition coefficient (Wildman–Crippen LogP) is 4.29. The van der Waals surface area contributed by atoms with Crippen LogP contribution in [0.15, 0.2) is 32.5 Å². The molecule has 0 fully saturated rings. The Hall–Kier alpha value is -1.18. The van der Waals surface area contributed by atoms with Crippen molar-refractivity contribution in [3.63, 3.8) is 0 Å². The minimum absolute atomic E-state index is 0.963. The van der Waals surface area contributed by atoms with E-state index in [2.05, 4.69) is 41.5 Å². The number of aliphatic imine (C=N–C) groups is 2. The van der Waals surface area contributed by atoms with E-state index in [0.717, 1.165) is 35.7 Å². The largest absolute Gasteiger partial charge is 0.258 e. The van der Waals surface area contributed by atoms with Gasteiger partial charge in [0.15, 0.2) is 0 Å². The minimum Gasteiger partial charge on any atom is -0.258 e. The lowest BCUT2D eigenvalue weighted by Gasteiger charge is -2.14. The van der Waals surface area contributed by atoms with E-state index in [9.17, 15) is 0 Å². The standard InChI is InChI=1S/C14H22N2/c1-7-13-9(3)11(5)16-14(8-2)10(4)12(6)15-13/h7-8H2,1-6H3/b11-9-,12-10?,13-9?,14-10?,15-12?,15-13?,16-11?,16-14?. The molecule has 0 saturated heterocycles. The molecule has 1 aliphatic heterocycles. The molecule has 0 unspecified atom stereocenters. The zero-order valence-corrected chi connectivity index (χ0v) is 11.3. The average Bonchev–Trinajstić information content (AvgIpc) is 2.29. The maximum atomic E-state index is 4.72. The van der Waals surface area contributed by atoms with Gasteiger partial charge in [-0.05, 0) is 51.7 Å². The number of nitrogens with zero attached hydrogens (tertiary/aromatic N) is 2. The van der Waals surface area contributed by atoms with Crippen LogP contribution < -0.4 is 0 Å². The topological polar surface area (TPSA) is 24.7 Å². The molecule has 0 saturated carbocycles. The molecular weight excluding hydrogens is 196 g/mol. The fourth-order valence-electron chi connectivity index (χ4n) is 1.85. The maximum Gasteiger partial charge on any atom is 0.0451 e. The fourth-order valence-corrected chi connectivity index (χ4v) is 1.85. The second-order valence-electron chi connectivity index (χ2n) is 4.24. The lowest BCUT2D eigenvalue weighted by molar-refractivity contribution is 1.11. The van der Waals surface area contributed by atoms with E-state index < -0.39 is 0 Å². The van der Waals surface area contributed by atoms with Crippen molar-refractivity contribution in [2.45, 2.75) is 54.4 Å². The van der Waals surface area contributed by atoms with Crippen molar-refractivity contribution in [3.8, 4) is 0 Å². The first-order valence-electron chi connectivity index (χ1n) is 6.02. The summed E-state index contributed by atoms with van der Waals surface area (Å²) < 4.78 is 0. The van der Waals surface area contributed by atoms with E-state index in [1.54, 1.807) is 0 Å². The highest BCUT2D eigenvalue weighted by Crippen LogP contribution is 2.20. The van der Waals surface area contributed by atoms with Gasteiger partial charge in [0.25, 0.3) is 0 Å². The molecule has 0 aromatic heterocycles. The smallest absolute Gasteiger partial charge is 0.0451 e. The normalized spacial score (nSPS) is 22.6. The monoisotopic (exact) mass is 218 g/mol. The molecule has 0 atom stereocenters. The molecular formula is C14H22N2. The van der Waals surface area contributed by atoms with Crippen molar-refractivity contribution in [3.05, 3.63) is 22.5 Å². The second-order valence-corrected chi connectivity index (χ2v) is 4.24. The van der Waals surface area contributed by atoms with Crippen molar-refractivity contribution in [1.82, 2.24) is 0 Å². The van der Waals surface area contributed by atoms with Crippen molar-refractivity contribution in [1.29, 1.82) is 0 Å². The van der Waals surface area contributed by atoms with Crippen LogP contribution in [0.1, 0.15) is 54.4 Å². The Morgan fingerprint density at radius 2 is 1.00 bits per heavy atom. The van der Waals surface area contributed by atoms with Gasteiger partial charge in [0.1, 0.15) is 0 Å². The summed E-state index contributed by atoms with van der Waals surface area (Å²) in [5, 5.41) is 0. The predicted molar refractivity (Wildman–Crippen MR) is 72.2 cm³/mol. The van der Waals surface area contributed by atoms with Gasteiger partial charge in [0, 0.05) is 22.8 Å². The number of hydrogen-bond donors (Lipinski definition) is 0. The van der Waals surface area contributed by atoms with Crippen LogP contribution in [0.4, 0.5) is 0 Å². The molecule has 2 heteroatoms. The first kappa shape index (κ1) is 12.9. The van der Waals surface area contributed by atoms with Crippen molar-refractivity contribution >= 4 is 11.4 Å². The van der Waals surface area contributed by atoms with Gasteiger partial charge < -0.3 is 0 Å². The van der Waals surface area contributed by atoms with Crippen molar-refractivity contribution in [2.24, 2.45) is 9.98 Å². The third kappa shape index (κ3) is 2.49. The number of rotatable bonds is 2. The molecule has 2 nitrogen and oxygen atoms in total. The summed E-state index contributed by atoms with van der Waals surface area (Å²) in [4.78, 5) is 9.45. The van der Waals surface area contributed by atoms with Gasteiger partial charge in [-0.15, -0.1) is 0 Å². The first-order chi connectivity index (χ1) is 7.51. The first-order valence-corrected chi connectivity index (χ1v) is 6.02. The van der Waals surface area contributed by atoms with Crippen molar-refractivity contribution in [2.75, 3.05) is 0 Å². The van der Waals surface area contributed by atoms with Gasteiger partial charge >= 0.3 is 0 Å². The molecule has 0 aromatic carbocycles. The molecule has 0 bridgehead atoms. The lowest BCUT2D eigenvalue weighted by Crippen LogP contribution is -2.08. The Balaban J connectivity index is 3.38. The zero-order valence-electron chi connectivity index (χ0n) is 11.3. The van der Waals surface area contributed by atoms with Crippen LogP contribution in [-0.2, 0) is 0 Å². The summed E-state index contributed by atoms with van der Waals surface area (Å²) in [6.45, 7) is 12.7. The quantitative estimate of drug-likeness (QED) is 0.660. The van der Waals surface area contributed by atoms with Crippen LogP contribution in [0.5, 0.6) is 0 Å². The van der Waals surface area contributed by atoms with Crippen molar-refractivity contribution < 1.29 is 0 Å². The van der Waals surface area contributed by atoms with Gasteiger partial charge in [0.05, 0.1) is 0 Å². The van der Waals surface area contributed by atoms with E-state index in [0.29, 0.717) is 0 Å². The number of allylic oxidation sites excluding steroid dienone is 4. The van der Waals surface area contributed by atoms with E-state index in [1.807, 2.05) is 0 Å². The van der Waals surface area contributed by atoms with E-state index in [1.165, 1.54) is 11.1 Å². The highest BCUT2D eigenvalue weighted by atomic mass is 14.8. The maximum absolute atomic E-state index is 4.72. The Morgan fingerprint density at radius 3 is 1.25 bits per heavy atom. The average molecular weight is 218 g/mol. The van der Waals surface area contributed by atoms with Crippen LogP contribution in [0.25, 0.3) is 0 Å². The van der Waals surface area contributed by atoms with Gasteiger partial charge in [0.2, 0.25) is 0 Å². The van der Waals surface area contributed by atoms with Gasteiger partial charge in [-0.2, -0.15) is 0 Å². The van der Waals surface area contributed by atoms with Crippen LogP contribution in [0.2, 0.25) is 0 Å². The Kier molecular flexibility index (Phi) is 4.22. The SMILES string of the molecule is CCC1=N/C(C)=C(/C)C(CC)=NC(C)=C1C. The minimum atomic E-state index is 0.963. The summed E-state index contributed by atoms with van der Waals surface area (Å²) >= 11 is 0. The molecule has 1 aliphatic rings. The lowest BCUT2D eigenvalue weighted by atomic mass is 10.0. The molecule has 0 amide bonds. The van der Waals surface area contributed by atoms with Gasteiger partial charge in [-0.1, -0.05) is 13.8 Å². The van der Waals surface area contributed by atoms with Crippen LogP contribution in [0, 0.1) is 0 Å². The van der Waals surface area contributed by atoms with Crippen LogP contribution in [0.3, 0.4) is 0 Å². The summed E-state index contributed by atoms with van der Waals surface area (Å²) in [7, 11) is 0. The molecule has 16 heavy (non-hydrogen) atoms. The summed E-state index contributed by atoms with van der Waals surface area (Å²) in [5.41, 5.74) is 6.97. The Labute approximate surface area is 98.9 Å². The molecule has 1 rings (SSSR count). The third-order valence-corrected chi connectivity index (χ3v) is 3.23. The molecule has 0 spiro atoms. The van der Waals surface area contributed by atoms with Crippen LogP contribution in [-0.4, -0.2) is 11.4 Å². The Bertz CT molecular complexity index is 366. The summed E-state index contributed by atoms with van der Waals surface area (Å²) in [6, 6.07) is 0. The summed E-state index contributed by atoms with van der Waals surface area (Å²) in [6.07, 6.45) is 1.93. The highest BCUT2D eigenvalue weighted by Gasteiger charge is 2.11. The van der Waals surface area contributed by atoms with E-state index in [-0.39, 0.29) is 0 Å². The van der Waals surface area contributed by atoms with Gasteiger partial charge in [-0.3, -0.25) is 9.98 Å². The fraction of sp³-hybridized carbons (Fsp3) is 0.571. The third-order valence-electron chi connectivity index (χ3n) is 3.23. The van der Waals surface area contributed by atoms with E-state index >= 15 is 0 Å². The van der Waals surface area contributed by atoms with Gasteiger partial charge in [-0.25, -0.2) is 0 Å². The van der Waals surface area contributed by atoms with Crippen LogP contribution >= 0.6 is 0 Å². The molecule has 0 aliphatic carbocycles. The zero-order chi connectivity index (χ0) is 12.3. The molecule has 0 radical (unpaired) electrons. The Morgan fingerprint density at radius 1 is 0.688 bits per heavy atom. The highest BCUT2D eigenvalue weighted by molar-refractivity contribution is 6.05. The summed E-state index contributed by atoms with van der Waals surface area (Å²) in [5.74, 6) is 0. The molecule has 0 N–H and O–H groups in total. The molecule has 0 aromatic rings. The second kappa shape index (κ2) is 5.24.